The van der Waals surface area contributed by atoms with Gasteiger partial charge in [-0.25, -0.2) is 9.59 Å². The van der Waals surface area contributed by atoms with Crippen LogP contribution in [0.2, 0.25) is 0 Å². The Balaban J connectivity index is 3.05. The Kier molecular flexibility index (Phi) is 3.15. The van der Waals surface area contributed by atoms with Gasteiger partial charge in [0.05, 0.1) is 0 Å². The highest BCUT2D eigenvalue weighted by molar-refractivity contribution is 5.76. The first-order chi connectivity index (χ1) is 6.65. The van der Waals surface area contributed by atoms with Gasteiger partial charge in [0.25, 0.3) is 0 Å². The van der Waals surface area contributed by atoms with E-state index in [-0.39, 0.29) is 0 Å². The Morgan fingerprint density at radius 3 is 2.43 bits per heavy atom. The van der Waals surface area contributed by atoms with E-state index in [2.05, 4.69) is 4.99 Å². The molecule has 0 radical (unpaired) electrons. The Morgan fingerprint density at radius 2 is 2.00 bits per heavy atom. The number of hydrogen-bond acceptors (Lipinski definition) is 3. The van der Waals surface area contributed by atoms with Gasteiger partial charge in [-0.3, -0.25) is 0 Å². The molecular formula is C10H9NO3. The van der Waals surface area contributed by atoms with Crippen LogP contribution in [0.15, 0.2) is 29.3 Å². The SMILES string of the molecule is Cc1ccc(C(N=C=O)C(=O)O)cc1. The van der Waals surface area contributed by atoms with Crippen molar-refractivity contribution in [2.24, 2.45) is 4.99 Å². The minimum atomic E-state index is -1.16. The van der Waals surface area contributed by atoms with Gasteiger partial charge in [-0.1, -0.05) is 29.8 Å². The highest BCUT2D eigenvalue weighted by Crippen LogP contribution is 2.17. The standard InChI is InChI=1S/C10H9NO3/c1-7-2-4-8(5-3-7)9(10(13)14)11-6-12/h2-5,9H,1H3,(H,13,14). The van der Waals surface area contributed by atoms with E-state index < -0.39 is 12.0 Å². The normalized spacial score (nSPS) is 11.5. The van der Waals surface area contributed by atoms with Crippen molar-refractivity contribution < 1.29 is 14.7 Å². The van der Waals surface area contributed by atoms with E-state index in [0.29, 0.717) is 5.56 Å². The second-order valence-corrected chi connectivity index (χ2v) is 2.87. The van der Waals surface area contributed by atoms with E-state index in [1.54, 1.807) is 24.3 Å². The summed E-state index contributed by atoms with van der Waals surface area (Å²) in [7, 11) is 0. The van der Waals surface area contributed by atoms with Crippen molar-refractivity contribution in [1.29, 1.82) is 0 Å². The zero-order valence-electron chi connectivity index (χ0n) is 7.60. The maximum absolute atomic E-state index is 10.7. The molecule has 1 rings (SSSR count). The molecule has 0 spiro atoms. The topological polar surface area (TPSA) is 66.7 Å². The summed E-state index contributed by atoms with van der Waals surface area (Å²) in [6.07, 6.45) is 1.26. The first-order valence-corrected chi connectivity index (χ1v) is 4.01. The Bertz CT molecular complexity index is 375. The Hall–Kier alpha value is -1.93. The lowest BCUT2D eigenvalue weighted by Crippen LogP contribution is -2.08. The molecule has 0 aromatic heterocycles. The summed E-state index contributed by atoms with van der Waals surface area (Å²) in [6.45, 7) is 1.89. The van der Waals surface area contributed by atoms with Gasteiger partial charge in [0, 0.05) is 0 Å². The molecule has 0 fully saturated rings. The van der Waals surface area contributed by atoms with Crippen molar-refractivity contribution in [2.75, 3.05) is 0 Å². The number of aryl methyl sites for hydroxylation is 1. The second-order valence-electron chi connectivity index (χ2n) is 2.87. The maximum Gasteiger partial charge on any atom is 0.334 e. The summed E-state index contributed by atoms with van der Waals surface area (Å²) in [5, 5.41) is 8.75. The highest BCUT2D eigenvalue weighted by Gasteiger charge is 2.17. The van der Waals surface area contributed by atoms with E-state index in [9.17, 15) is 9.59 Å². The molecule has 72 valence electrons. The van der Waals surface area contributed by atoms with Crippen LogP contribution >= 0.6 is 0 Å². The molecule has 0 aliphatic carbocycles. The Labute approximate surface area is 80.9 Å². The van der Waals surface area contributed by atoms with Crippen LogP contribution in [0.1, 0.15) is 17.2 Å². The lowest BCUT2D eigenvalue weighted by Gasteiger charge is -2.05. The molecular weight excluding hydrogens is 182 g/mol. The lowest BCUT2D eigenvalue weighted by atomic mass is 10.1. The number of carbonyl (C=O) groups excluding carboxylic acids is 1. The average molecular weight is 191 g/mol. The molecule has 0 saturated carbocycles. The molecule has 1 aromatic rings. The van der Waals surface area contributed by atoms with Gasteiger partial charge in [0.2, 0.25) is 6.08 Å². The Morgan fingerprint density at radius 1 is 1.43 bits per heavy atom. The van der Waals surface area contributed by atoms with Crippen molar-refractivity contribution in [1.82, 2.24) is 0 Å². The van der Waals surface area contributed by atoms with E-state index in [0.717, 1.165) is 5.56 Å². The first-order valence-electron chi connectivity index (χ1n) is 4.01. The average Bonchev–Trinajstić information content (AvgIpc) is 2.15. The van der Waals surface area contributed by atoms with Crippen LogP contribution in [0, 0.1) is 6.92 Å². The molecule has 0 amide bonds. The summed E-state index contributed by atoms with van der Waals surface area (Å²) in [5.41, 5.74) is 1.50. The number of isocyanates is 1. The van der Waals surface area contributed by atoms with Crippen molar-refractivity contribution in [2.45, 2.75) is 13.0 Å². The van der Waals surface area contributed by atoms with Crippen LogP contribution in [0.3, 0.4) is 0 Å². The number of nitrogens with zero attached hydrogens (tertiary/aromatic N) is 1. The fraction of sp³-hybridized carbons (Fsp3) is 0.200. The molecule has 0 heterocycles. The van der Waals surface area contributed by atoms with Crippen LogP contribution < -0.4 is 0 Å². The molecule has 0 bridgehead atoms. The zero-order chi connectivity index (χ0) is 10.6. The third-order valence-electron chi connectivity index (χ3n) is 1.81. The molecule has 4 heteroatoms. The highest BCUT2D eigenvalue weighted by atomic mass is 16.4. The van der Waals surface area contributed by atoms with Gasteiger partial charge in [-0.2, -0.15) is 4.99 Å². The van der Waals surface area contributed by atoms with Crippen LogP contribution in [-0.4, -0.2) is 17.2 Å². The zero-order valence-corrected chi connectivity index (χ0v) is 7.60. The third-order valence-corrected chi connectivity index (χ3v) is 1.81. The van der Waals surface area contributed by atoms with Crippen LogP contribution in [0.5, 0.6) is 0 Å². The van der Waals surface area contributed by atoms with E-state index in [1.807, 2.05) is 6.92 Å². The van der Waals surface area contributed by atoms with E-state index >= 15 is 0 Å². The van der Waals surface area contributed by atoms with Crippen LogP contribution in [0.25, 0.3) is 0 Å². The van der Waals surface area contributed by atoms with Gasteiger partial charge in [0.1, 0.15) is 0 Å². The van der Waals surface area contributed by atoms with Gasteiger partial charge < -0.3 is 5.11 Å². The number of benzene rings is 1. The predicted molar refractivity (Wildman–Crippen MR) is 49.7 cm³/mol. The van der Waals surface area contributed by atoms with Gasteiger partial charge in [-0.05, 0) is 12.5 Å². The molecule has 1 unspecified atom stereocenters. The van der Waals surface area contributed by atoms with Gasteiger partial charge in [-0.15, -0.1) is 0 Å². The quantitative estimate of drug-likeness (QED) is 0.580. The minimum Gasteiger partial charge on any atom is -0.479 e. The summed E-state index contributed by atoms with van der Waals surface area (Å²) < 4.78 is 0. The molecule has 0 aliphatic heterocycles. The molecule has 1 atom stereocenters. The number of carbonyl (C=O) groups is 1. The number of aliphatic carboxylic acids is 1. The smallest absolute Gasteiger partial charge is 0.334 e. The number of carboxylic acids is 1. The summed E-state index contributed by atoms with van der Waals surface area (Å²) in [4.78, 5) is 23.9. The number of aliphatic imine (C=N–C) groups is 1. The second kappa shape index (κ2) is 4.35. The first kappa shape index (κ1) is 10.2. The van der Waals surface area contributed by atoms with Crippen molar-refractivity contribution in [3.8, 4) is 0 Å². The molecule has 1 aromatic carbocycles. The molecule has 14 heavy (non-hydrogen) atoms. The van der Waals surface area contributed by atoms with Crippen LogP contribution in [0.4, 0.5) is 0 Å². The third kappa shape index (κ3) is 2.28. The van der Waals surface area contributed by atoms with Crippen molar-refractivity contribution in [3.05, 3.63) is 35.4 Å². The van der Waals surface area contributed by atoms with E-state index in [1.165, 1.54) is 6.08 Å². The van der Waals surface area contributed by atoms with Crippen LogP contribution in [-0.2, 0) is 9.59 Å². The summed E-state index contributed by atoms with van der Waals surface area (Å²) >= 11 is 0. The molecule has 0 aliphatic rings. The number of hydrogen-bond donors (Lipinski definition) is 1. The fourth-order valence-electron chi connectivity index (χ4n) is 1.07. The van der Waals surface area contributed by atoms with Gasteiger partial charge in [0.15, 0.2) is 6.04 Å². The number of carboxylic acid groups (broad SMARTS) is 1. The fourth-order valence-corrected chi connectivity index (χ4v) is 1.07. The predicted octanol–water partition coefficient (Wildman–Crippen LogP) is 1.46. The summed E-state index contributed by atoms with van der Waals surface area (Å²) in [6, 6.07) is 5.66. The maximum atomic E-state index is 10.7. The van der Waals surface area contributed by atoms with E-state index in [4.69, 9.17) is 5.11 Å². The lowest BCUT2D eigenvalue weighted by molar-refractivity contribution is -0.138. The van der Waals surface area contributed by atoms with Crippen molar-refractivity contribution >= 4 is 12.0 Å². The number of rotatable bonds is 3. The molecule has 1 N–H and O–H groups in total. The minimum absolute atomic E-state index is 0.478. The van der Waals surface area contributed by atoms with Gasteiger partial charge >= 0.3 is 5.97 Å². The largest absolute Gasteiger partial charge is 0.479 e. The van der Waals surface area contributed by atoms with Crippen molar-refractivity contribution in [3.63, 3.8) is 0 Å². The summed E-state index contributed by atoms with van der Waals surface area (Å²) in [5.74, 6) is -1.16. The molecule has 4 nitrogen and oxygen atoms in total. The molecule has 0 saturated heterocycles. The monoisotopic (exact) mass is 191 g/mol.